The van der Waals surface area contributed by atoms with Gasteiger partial charge in [0.15, 0.2) is 0 Å². The smallest absolute Gasteiger partial charge is 0.229 e. The van der Waals surface area contributed by atoms with Crippen LogP contribution in [0.4, 0.5) is 40.6 Å². The SMILES string of the molecule is CCN(C(C)C)C(C)C.Cc1cnc(Cl)nc1Nc1cnc2[nH]ccc2c1.Cc1cnc(Nc2cnc3[nH]ccc3c2)nc1Cl.Cc1cnc(Nc2cnc3[nH]ccc3c2)nc1NC1COC1.NC1COC1. The summed E-state index contributed by atoms with van der Waals surface area (Å²) in [6.07, 6.45) is 16.0. The maximum absolute atomic E-state index is 5.95. The average Bonchev–Trinajstić information content (AvgIpc) is 4.13. The second-order valence-corrected chi connectivity index (χ2v) is 18.2. The first-order valence-electron chi connectivity index (χ1n) is 23.6. The molecule has 2 aliphatic rings. The number of halogens is 2. The molecule has 0 spiro atoms. The largest absolute Gasteiger partial charge is 0.378 e. The maximum Gasteiger partial charge on any atom is 0.229 e. The highest BCUT2D eigenvalue weighted by molar-refractivity contribution is 6.30. The number of H-pyrrole nitrogens is 3. The van der Waals surface area contributed by atoms with E-state index in [4.69, 9.17) is 38.4 Å². The summed E-state index contributed by atoms with van der Waals surface area (Å²) in [5.41, 5.74) is 13.1. The van der Waals surface area contributed by atoms with E-state index in [0.29, 0.717) is 47.0 Å². The zero-order valence-corrected chi connectivity index (χ0v) is 43.1. The third-order valence-corrected chi connectivity index (χ3v) is 11.7. The van der Waals surface area contributed by atoms with Crippen LogP contribution < -0.4 is 27.0 Å². The summed E-state index contributed by atoms with van der Waals surface area (Å²) in [5, 5.41) is 16.6. The van der Waals surface area contributed by atoms with Gasteiger partial charge in [0.05, 0.1) is 74.2 Å². The number of pyridine rings is 3. The van der Waals surface area contributed by atoms with Gasteiger partial charge in [0.2, 0.25) is 17.2 Å². The molecule has 0 amide bonds. The first-order chi connectivity index (χ1) is 34.7. The van der Waals surface area contributed by atoms with Gasteiger partial charge < -0.3 is 51.4 Å². The molecule has 0 atom stereocenters. The molecular weight excluding hydrogens is 956 g/mol. The van der Waals surface area contributed by atoms with Crippen molar-refractivity contribution in [3.8, 4) is 0 Å². The zero-order valence-electron chi connectivity index (χ0n) is 41.6. The molecule has 22 heteroatoms. The van der Waals surface area contributed by atoms with Crippen LogP contribution in [-0.4, -0.2) is 122 Å². The Morgan fingerprint density at radius 2 is 1.04 bits per heavy atom. The number of hydrogen-bond donors (Lipinski definition) is 8. The Balaban J connectivity index is 0.000000141. The molecule has 2 aliphatic heterocycles. The van der Waals surface area contributed by atoms with Gasteiger partial charge in [-0.3, -0.25) is 4.90 Å². The quantitative estimate of drug-likeness (QED) is 0.0443. The second kappa shape index (κ2) is 25.4. The molecule has 378 valence electrons. The minimum Gasteiger partial charge on any atom is -0.378 e. The van der Waals surface area contributed by atoms with Crippen LogP contribution in [0.1, 0.15) is 51.3 Å². The third-order valence-electron chi connectivity index (χ3n) is 11.1. The van der Waals surface area contributed by atoms with Crippen LogP contribution in [-0.2, 0) is 9.47 Å². The van der Waals surface area contributed by atoms with E-state index in [0.717, 1.165) is 106 Å². The molecule has 72 heavy (non-hydrogen) atoms. The van der Waals surface area contributed by atoms with Gasteiger partial charge in [-0.05, 0) is 103 Å². The fourth-order valence-electron chi connectivity index (χ4n) is 7.19. The van der Waals surface area contributed by atoms with Crippen LogP contribution in [0.3, 0.4) is 0 Å². The molecule has 2 saturated heterocycles. The average molecular weight is 1020 g/mol. The minimum absolute atomic E-state index is 0.221. The summed E-state index contributed by atoms with van der Waals surface area (Å²) in [7, 11) is 0. The van der Waals surface area contributed by atoms with Crippen molar-refractivity contribution in [2.75, 3.05) is 54.2 Å². The van der Waals surface area contributed by atoms with E-state index in [1.807, 2.05) is 75.8 Å². The Morgan fingerprint density at radius 1 is 0.597 bits per heavy atom. The Morgan fingerprint density at radius 3 is 1.46 bits per heavy atom. The second-order valence-electron chi connectivity index (χ2n) is 17.6. The van der Waals surface area contributed by atoms with Gasteiger partial charge in [-0.25, -0.2) is 39.9 Å². The fourth-order valence-corrected chi connectivity index (χ4v) is 7.45. The molecule has 2 fully saturated rings. The minimum atomic E-state index is 0.221. The van der Waals surface area contributed by atoms with Crippen molar-refractivity contribution in [3.05, 3.63) is 119 Å². The van der Waals surface area contributed by atoms with E-state index in [9.17, 15) is 0 Å². The van der Waals surface area contributed by atoms with E-state index in [1.54, 1.807) is 37.2 Å². The summed E-state index contributed by atoms with van der Waals surface area (Å²) in [4.78, 5) is 49.7. The lowest BCUT2D eigenvalue weighted by Gasteiger charge is -2.28. The van der Waals surface area contributed by atoms with Crippen LogP contribution in [0.2, 0.25) is 10.4 Å². The van der Waals surface area contributed by atoms with Crippen molar-refractivity contribution in [1.82, 2.24) is 64.7 Å². The number of aromatic amines is 3. The first-order valence-corrected chi connectivity index (χ1v) is 24.3. The lowest BCUT2D eigenvalue weighted by molar-refractivity contribution is 0.0121. The lowest BCUT2D eigenvalue weighted by Crippen LogP contribution is -2.41. The molecule has 0 bridgehead atoms. The summed E-state index contributed by atoms with van der Waals surface area (Å²) >= 11 is 11.7. The number of aromatic nitrogens is 12. The van der Waals surface area contributed by atoms with E-state index in [-0.39, 0.29) is 5.28 Å². The monoisotopic (exact) mass is 1020 g/mol. The van der Waals surface area contributed by atoms with Crippen LogP contribution in [0.15, 0.2) is 92.2 Å². The number of nitrogens with zero attached hydrogens (tertiary/aromatic N) is 10. The summed E-state index contributed by atoms with van der Waals surface area (Å²) in [6, 6.07) is 13.9. The van der Waals surface area contributed by atoms with Crippen molar-refractivity contribution < 1.29 is 9.47 Å². The molecule has 11 rings (SSSR count). The first kappa shape index (κ1) is 52.7. The summed E-state index contributed by atoms with van der Waals surface area (Å²) in [5.74, 6) is 2.53. The van der Waals surface area contributed by atoms with Crippen LogP contribution in [0, 0.1) is 20.8 Å². The topological polar surface area (TPSA) is 259 Å². The van der Waals surface area contributed by atoms with E-state index < -0.39 is 0 Å². The maximum atomic E-state index is 5.95. The molecule has 11 heterocycles. The molecular formula is C50H62Cl2N18O2. The molecule has 0 radical (unpaired) electrons. The number of rotatable bonds is 11. The number of nitrogens with two attached hydrogens (primary N) is 1. The Bertz CT molecular complexity index is 3130. The number of anilines is 7. The molecule has 0 saturated carbocycles. The van der Waals surface area contributed by atoms with Crippen molar-refractivity contribution in [1.29, 1.82) is 0 Å². The van der Waals surface area contributed by atoms with Gasteiger partial charge in [-0.1, -0.05) is 18.5 Å². The Kier molecular flexibility index (Phi) is 18.6. The highest BCUT2D eigenvalue weighted by Crippen LogP contribution is 2.24. The van der Waals surface area contributed by atoms with Crippen LogP contribution in [0.25, 0.3) is 33.1 Å². The van der Waals surface area contributed by atoms with Gasteiger partial charge in [0, 0.05) is 82.1 Å². The van der Waals surface area contributed by atoms with E-state index >= 15 is 0 Å². The molecule has 9 aromatic heterocycles. The van der Waals surface area contributed by atoms with Crippen LogP contribution >= 0.6 is 23.2 Å². The highest BCUT2D eigenvalue weighted by Gasteiger charge is 2.20. The van der Waals surface area contributed by atoms with Crippen molar-refractivity contribution in [2.24, 2.45) is 5.73 Å². The Hall–Kier alpha value is -7.07. The van der Waals surface area contributed by atoms with E-state index in [1.165, 1.54) is 0 Å². The fraction of sp³-hybridized carbons (Fsp3) is 0.340. The van der Waals surface area contributed by atoms with Crippen molar-refractivity contribution >= 4 is 96.9 Å². The summed E-state index contributed by atoms with van der Waals surface area (Å²) in [6.45, 7) is 21.1. The number of fused-ring (bicyclic) bond motifs is 3. The van der Waals surface area contributed by atoms with Crippen molar-refractivity contribution in [3.63, 3.8) is 0 Å². The van der Waals surface area contributed by atoms with Gasteiger partial charge in [-0.2, -0.15) is 4.98 Å². The van der Waals surface area contributed by atoms with Gasteiger partial charge in [-0.15, -0.1) is 0 Å². The van der Waals surface area contributed by atoms with Gasteiger partial charge >= 0.3 is 0 Å². The molecule has 9 N–H and O–H groups in total. The third kappa shape index (κ3) is 15.0. The van der Waals surface area contributed by atoms with Crippen molar-refractivity contribution in [2.45, 2.75) is 79.6 Å². The predicted octanol–water partition coefficient (Wildman–Crippen LogP) is 9.80. The standard InChI is InChI=1S/C15H16N6O.2C12H10ClN5.C8H19N.C3H7NO/c1-9-5-18-15(21-13(9)19-12-7-22-8-12)20-11-4-10-2-3-16-14(10)17-6-11;1-7-5-16-12(13)18-10(7)17-9-4-8-2-3-14-11(8)15-6-9;1-7-5-16-12(18-10(7)13)17-9-4-8-2-3-14-11(8)15-6-9;1-6-9(7(2)3)8(4)5;4-3-1-5-2-3/h2-6,12H,7-8H2,1H3,(H,16,17)(H2,18,19,20,21);2*2-6H,1H3,(H,14,15)(H,16,17,18);7-8H,6H2,1-5H3;3H,1-2,4H2. The normalized spacial score (nSPS) is 13.2. The number of nitrogens with one attached hydrogen (secondary N) is 7. The van der Waals surface area contributed by atoms with Crippen LogP contribution in [0.5, 0.6) is 0 Å². The molecule has 9 aromatic rings. The Labute approximate surface area is 428 Å². The predicted molar refractivity (Wildman–Crippen MR) is 288 cm³/mol. The number of ether oxygens (including phenoxy) is 2. The van der Waals surface area contributed by atoms with Gasteiger partial charge in [0.1, 0.15) is 33.7 Å². The molecule has 20 nitrogen and oxygen atoms in total. The molecule has 0 unspecified atom stereocenters. The number of aryl methyl sites for hydroxylation is 3. The highest BCUT2D eigenvalue weighted by atomic mass is 35.5. The molecule has 0 aromatic carbocycles. The number of hydrogen-bond acceptors (Lipinski definition) is 17. The van der Waals surface area contributed by atoms with Gasteiger partial charge in [0.25, 0.3) is 0 Å². The lowest BCUT2D eigenvalue weighted by atomic mass is 10.2. The summed E-state index contributed by atoms with van der Waals surface area (Å²) < 4.78 is 9.88. The molecule has 0 aliphatic carbocycles. The van der Waals surface area contributed by atoms with E-state index in [2.05, 4.69) is 121 Å². The zero-order chi connectivity index (χ0) is 51.1.